The van der Waals surface area contributed by atoms with Crippen LogP contribution in [0.15, 0.2) is 65.8 Å². The van der Waals surface area contributed by atoms with Crippen molar-refractivity contribution in [2.75, 3.05) is 26.1 Å². The van der Waals surface area contributed by atoms with E-state index in [1.54, 1.807) is 20.3 Å². The Kier molecular flexibility index (Phi) is 6.11. The summed E-state index contributed by atoms with van der Waals surface area (Å²) in [6.45, 7) is 1.92. The molecule has 0 aliphatic rings. The van der Waals surface area contributed by atoms with Crippen molar-refractivity contribution in [1.82, 2.24) is 5.43 Å². The molecule has 0 saturated heterocycles. The minimum atomic E-state index is -0.236. The molecule has 0 atom stereocenters. The van der Waals surface area contributed by atoms with Crippen molar-refractivity contribution in [2.24, 2.45) is 5.10 Å². The molecule has 3 aromatic carbocycles. The zero-order chi connectivity index (χ0) is 19.9. The van der Waals surface area contributed by atoms with Crippen LogP contribution in [0.4, 0.5) is 5.69 Å². The van der Waals surface area contributed by atoms with E-state index >= 15 is 0 Å². The molecule has 0 spiro atoms. The molecule has 0 unspecified atom stereocenters. The van der Waals surface area contributed by atoms with Gasteiger partial charge in [0.15, 0.2) is 0 Å². The number of methoxy groups -OCH3 is 2. The standard InChI is InChI=1S/C22H23N3O3/c1-15(18-12-11-17(27-2)13-21(18)28-3)24-25-22(26)14-23-20-10-6-8-16-7-4-5-9-19(16)20/h4-13,23H,14H2,1-3H3,(H,25,26)/b24-15-. The van der Waals surface area contributed by atoms with Crippen LogP contribution in [-0.2, 0) is 4.79 Å². The fourth-order valence-corrected chi connectivity index (χ4v) is 2.90. The number of hydrazone groups is 1. The van der Waals surface area contributed by atoms with Crippen LogP contribution in [0.25, 0.3) is 10.8 Å². The summed E-state index contributed by atoms with van der Waals surface area (Å²) in [6, 6.07) is 19.4. The van der Waals surface area contributed by atoms with Gasteiger partial charge in [-0.3, -0.25) is 4.79 Å². The number of amides is 1. The van der Waals surface area contributed by atoms with Gasteiger partial charge >= 0.3 is 0 Å². The van der Waals surface area contributed by atoms with E-state index in [1.807, 2.05) is 61.5 Å². The lowest BCUT2D eigenvalue weighted by atomic mass is 10.1. The maximum atomic E-state index is 12.2. The van der Waals surface area contributed by atoms with Crippen molar-refractivity contribution in [3.8, 4) is 11.5 Å². The second-order valence-electron chi connectivity index (χ2n) is 6.18. The van der Waals surface area contributed by atoms with Gasteiger partial charge in [-0.25, -0.2) is 5.43 Å². The van der Waals surface area contributed by atoms with Crippen LogP contribution in [0.1, 0.15) is 12.5 Å². The Morgan fingerprint density at radius 1 is 1.00 bits per heavy atom. The number of hydrogen-bond donors (Lipinski definition) is 2. The van der Waals surface area contributed by atoms with Gasteiger partial charge in [-0.1, -0.05) is 36.4 Å². The smallest absolute Gasteiger partial charge is 0.259 e. The number of carbonyl (C=O) groups is 1. The van der Waals surface area contributed by atoms with Crippen molar-refractivity contribution in [1.29, 1.82) is 0 Å². The monoisotopic (exact) mass is 377 g/mol. The zero-order valence-electron chi connectivity index (χ0n) is 16.2. The fraction of sp³-hybridized carbons (Fsp3) is 0.182. The Balaban J connectivity index is 1.65. The lowest BCUT2D eigenvalue weighted by molar-refractivity contribution is -0.119. The Bertz CT molecular complexity index is 1010. The number of hydrogen-bond acceptors (Lipinski definition) is 5. The van der Waals surface area contributed by atoms with Gasteiger partial charge in [0.1, 0.15) is 11.5 Å². The molecule has 3 rings (SSSR count). The predicted octanol–water partition coefficient (Wildman–Crippen LogP) is 3.81. The molecular weight excluding hydrogens is 354 g/mol. The van der Waals surface area contributed by atoms with E-state index in [4.69, 9.17) is 9.47 Å². The maximum Gasteiger partial charge on any atom is 0.259 e. The van der Waals surface area contributed by atoms with E-state index in [1.165, 1.54) is 0 Å². The molecule has 0 aliphatic heterocycles. The molecule has 144 valence electrons. The molecule has 28 heavy (non-hydrogen) atoms. The van der Waals surface area contributed by atoms with Gasteiger partial charge in [-0.2, -0.15) is 5.10 Å². The van der Waals surface area contributed by atoms with E-state index in [-0.39, 0.29) is 12.5 Å². The van der Waals surface area contributed by atoms with E-state index in [2.05, 4.69) is 15.8 Å². The molecule has 6 nitrogen and oxygen atoms in total. The van der Waals surface area contributed by atoms with Crippen LogP contribution in [0.3, 0.4) is 0 Å². The third-order valence-corrected chi connectivity index (χ3v) is 4.38. The van der Waals surface area contributed by atoms with Crippen molar-refractivity contribution < 1.29 is 14.3 Å². The Hall–Kier alpha value is -3.54. The highest BCUT2D eigenvalue weighted by atomic mass is 16.5. The number of anilines is 1. The fourth-order valence-electron chi connectivity index (χ4n) is 2.90. The number of fused-ring (bicyclic) bond motifs is 1. The van der Waals surface area contributed by atoms with E-state index in [0.29, 0.717) is 17.2 Å². The number of benzene rings is 3. The van der Waals surface area contributed by atoms with Crippen LogP contribution in [-0.4, -0.2) is 32.4 Å². The molecular formula is C22H23N3O3. The van der Waals surface area contributed by atoms with Crippen LogP contribution in [0.2, 0.25) is 0 Å². The SMILES string of the molecule is COc1ccc(/C(C)=N\NC(=O)CNc2cccc3ccccc23)c(OC)c1. The molecule has 6 heteroatoms. The molecule has 0 saturated carbocycles. The van der Waals surface area contributed by atoms with E-state index < -0.39 is 0 Å². The van der Waals surface area contributed by atoms with Gasteiger partial charge in [-0.05, 0) is 30.5 Å². The average molecular weight is 377 g/mol. The van der Waals surface area contributed by atoms with E-state index in [9.17, 15) is 4.79 Å². The highest BCUT2D eigenvalue weighted by Crippen LogP contribution is 2.25. The predicted molar refractivity (Wildman–Crippen MR) is 112 cm³/mol. The molecule has 0 aromatic heterocycles. The van der Waals surface area contributed by atoms with Crippen molar-refractivity contribution >= 4 is 28.1 Å². The lowest BCUT2D eigenvalue weighted by Crippen LogP contribution is -2.26. The molecule has 0 fully saturated rings. The normalized spacial score (nSPS) is 11.2. The van der Waals surface area contributed by atoms with Crippen LogP contribution >= 0.6 is 0 Å². The highest BCUT2D eigenvalue weighted by molar-refractivity contribution is 6.02. The summed E-state index contributed by atoms with van der Waals surface area (Å²) in [5, 5.41) is 9.54. The van der Waals surface area contributed by atoms with Crippen LogP contribution < -0.4 is 20.2 Å². The molecule has 0 bridgehead atoms. The summed E-state index contributed by atoms with van der Waals surface area (Å²) in [5.41, 5.74) is 4.91. The largest absolute Gasteiger partial charge is 0.497 e. The topological polar surface area (TPSA) is 72.0 Å². The Labute approximate surface area is 164 Å². The first kappa shape index (κ1) is 19.2. The van der Waals surface area contributed by atoms with Crippen molar-refractivity contribution in [2.45, 2.75) is 6.92 Å². The highest BCUT2D eigenvalue weighted by Gasteiger charge is 2.09. The van der Waals surface area contributed by atoms with Gasteiger partial charge in [0.05, 0.1) is 26.5 Å². The number of rotatable bonds is 7. The number of carbonyl (C=O) groups excluding carboxylic acids is 1. The van der Waals surface area contributed by atoms with Crippen molar-refractivity contribution in [3.05, 3.63) is 66.2 Å². The first-order chi connectivity index (χ1) is 13.6. The van der Waals surface area contributed by atoms with Crippen LogP contribution in [0.5, 0.6) is 11.5 Å². The van der Waals surface area contributed by atoms with Gasteiger partial charge < -0.3 is 14.8 Å². The Morgan fingerprint density at radius 3 is 2.57 bits per heavy atom. The summed E-state index contributed by atoms with van der Waals surface area (Å²) in [4.78, 5) is 12.2. The third-order valence-electron chi connectivity index (χ3n) is 4.38. The number of ether oxygens (including phenoxy) is 2. The third kappa shape index (κ3) is 4.40. The average Bonchev–Trinajstić information content (AvgIpc) is 2.75. The maximum absolute atomic E-state index is 12.2. The number of nitrogens with zero attached hydrogens (tertiary/aromatic N) is 1. The summed E-state index contributed by atoms with van der Waals surface area (Å²) in [6.07, 6.45) is 0. The van der Waals surface area contributed by atoms with Crippen LogP contribution in [0, 0.1) is 0 Å². The second-order valence-corrected chi connectivity index (χ2v) is 6.18. The van der Waals surface area contributed by atoms with Gasteiger partial charge in [0, 0.05) is 22.7 Å². The quantitative estimate of drug-likeness (QED) is 0.485. The van der Waals surface area contributed by atoms with Crippen molar-refractivity contribution in [3.63, 3.8) is 0 Å². The molecule has 0 aliphatic carbocycles. The molecule has 3 aromatic rings. The zero-order valence-corrected chi connectivity index (χ0v) is 16.2. The summed E-state index contributed by atoms with van der Waals surface area (Å²) in [7, 11) is 3.18. The molecule has 1 amide bonds. The van der Waals surface area contributed by atoms with Gasteiger partial charge in [0.2, 0.25) is 0 Å². The minimum Gasteiger partial charge on any atom is -0.497 e. The number of nitrogens with one attached hydrogen (secondary N) is 2. The van der Waals surface area contributed by atoms with E-state index in [0.717, 1.165) is 22.0 Å². The molecule has 0 heterocycles. The second kappa shape index (κ2) is 8.90. The summed E-state index contributed by atoms with van der Waals surface area (Å²) in [5.74, 6) is 1.08. The Morgan fingerprint density at radius 2 is 1.79 bits per heavy atom. The van der Waals surface area contributed by atoms with Gasteiger partial charge in [-0.15, -0.1) is 0 Å². The summed E-state index contributed by atoms with van der Waals surface area (Å²) >= 11 is 0. The van der Waals surface area contributed by atoms with Gasteiger partial charge in [0.25, 0.3) is 5.91 Å². The molecule has 2 N–H and O–H groups in total. The lowest BCUT2D eigenvalue weighted by Gasteiger charge is -2.11. The molecule has 0 radical (unpaired) electrons. The summed E-state index contributed by atoms with van der Waals surface area (Å²) < 4.78 is 10.6. The first-order valence-electron chi connectivity index (χ1n) is 8.89. The first-order valence-corrected chi connectivity index (χ1v) is 8.89. The minimum absolute atomic E-state index is 0.116.